The first-order valence-electron chi connectivity index (χ1n) is 4.82. The van der Waals surface area contributed by atoms with E-state index in [2.05, 4.69) is 11.3 Å². The molecule has 0 fully saturated rings. The second kappa shape index (κ2) is 3.51. The molecule has 0 atom stereocenters. The molecule has 1 heterocycles. The number of benzene rings is 1. The zero-order valence-electron chi connectivity index (χ0n) is 8.81. The van der Waals surface area contributed by atoms with E-state index in [0.717, 1.165) is 11.3 Å². The van der Waals surface area contributed by atoms with Gasteiger partial charge in [-0.1, -0.05) is 12.1 Å². The first-order valence-corrected chi connectivity index (χ1v) is 4.82. The number of aromatic nitrogens is 2. The van der Waals surface area contributed by atoms with E-state index >= 15 is 0 Å². The van der Waals surface area contributed by atoms with Crippen LogP contribution in [0.25, 0.3) is 5.69 Å². The minimum atomic E-state index is -0.823. The van der Waals surface area contributed by atoms with Crippen LogP contribution in [-0.4, -0.2) is 14.7 Å². The van der Waals surface area contributed by atoms with Crippen LogP contribution in [0.1, 0.15) is 19.4 Å². The Balaban J connectivity index is 2.44. The average Bonchev–Trinajstić information content (AvgIpc) is 2.69. The highest BCUT2D eigenvalue weighted by Gasteiger charge is 2.15. The van der Waals surface area contributed by atoms with Crippen molar-refractivity contribution in [2.75, 3.05) is 0 Å². The molecule has 0 bridgehead atoms. The largest absolute Gasteiger partial charge is 0.386 e. The molecule has 0 unspecified atom stereocenters. The summed E-state index contributed by atoms with van der Waals surface area (Å²) in [5.41, 5.74) is 1.01. The van der Waals surface area contributed by atoms with Gasteiger partial charge >= 0.3 is 0 Å². The Morgan fingerprint density at radius 2 is 2.20 bits per heavy atom. The van der Waals surface area contributed by atoms with Crippen molar-refractivity contribution in [3.63, 3.8) is 0 Å². The van der Waals surface area contributed by atoms with Gasteiger partial charge in [0.1, 0.15) is 0 Å². The molecule has 2 rings (SSSR count). The molecule has 3 nitrogen and oxygen atoms in total. The smallest absolute Gasteiger partial charge is 0.181 e. The fourth-order valence-corrected chi connectivity index (χ4v) is 1.41. The van der Waals surface area contributed by atoms with Crippen LogP contribution in [0.15, 0.2) is 36.7 Å². The summed E-state index contributed by atoms with van der Waals surface area (Å²) < 4.78 is 1.79. The molecule has 77 valence electrons. The molecule has 0 aliphatic rings. The van der Waals surface area contributed by atoms with E-state index in [0.29, 0.717) is 0 Å². The number of hydrogen-bond acceptors (Lipinski definition) is 2. The Kier molecular flexibility index (Phi) is 2.32. The third kappa shape index (κ3) is 2.07. The molecule has 0 aliphatic heterocycles. The van der Waals surface area contributed by atoms with Crippen LogP contribution in [-0.2, 0) is 5.60 Å². The minimum Gasteiger partial charge on any atom is -0.386 e. The van der Waals surface area contributed by atoms with Crippen molar-refractivity contribution in [1.29, 1.82) is 0 Å². The van der Waals surface area contributed by atoms with Gasteiger partial charge in [-0.15, -0.1) is 0 Å². The second-order valence-corrected chi connectivity index (χ2v) is 4.01. The predicted molar refractivity (Wildman–Crippen MR) is 57.6 cm³/mol. The van der Waals surface area contributed by atoms with E-state index in [1.165, 1.54) is 0 Å². The van der Waals surface area contributed by atoms with Crippen molar-refractivity contribution in [2.45, 2.75) is 19.4 Å². The number of imidazole rings is 1. The summed E-state index contributed by atoms with van der Waals surface area (Å²) in [4.78, 5) is 3.87. The van der Waals surface area contributed by atoms with Gasteiger partial charge in [-0.2, -0.15) is 0 Å². The van der Waals surface area contributed by atoms with Gasteiger partial charge in [0.2, 0.25) is 0 Å². The third-order valence-electron chi connectivity index (χ3n) is 2.29. The van der Waals surface area contributed by atoms with E-state index in [1.807, 2.05) is 30.5 Å². The van der Waals surface area contributed by atoms with Crippen LogP contribution in [0.4, 0.5) is 0 Å². The molecule has 0 aliphatic carbocycles. The summed E-state index contributed by atoms with van der Waals surface area (Å²) in [6.07, 6.45) is 6.32. The Morgan fingerprint density at radius 3 is 2.80 bits per heavy atom. The highest BCUT2D eigenvalue weighted by Crippen LogP contribution is 2.21. The molecule has 15 heavy (non-hydrogen) atoms. The molecule has 1 aromatic heterocycles. The summed E-state index contributed by atoms with van der Waals surface area (Å²) in [6.45, 7) is 3.54. The van der Waals surface area contributed by atoms with Gasteiger partial charge in [0, 0.05) is 18.1 Å². The fourth-order valence-electron chi connectivity index (χ4n) is 1.41. The highest BCUT2D eigenvalue weighted by atomic mass is 16.3. The molecule has 2 aromatic rings. The molecular weight excluding hydrogens is 188 g/mol. The standard InChI is InChI=1S/C12H13N2O/c1-12(2,15)10-4-3-5-11(8-10)14-7-6-13-9-14/h3-8,15H,1-2H3. The quantitative estimate of drug-likeness (QED) is 0.805. The summed E-state index contributed by atoms with van der Waals surface area (Å²) in [5.74, 6) is 0. The molecule has 0 amide bonds. The van der Waals surface area contributed by atoms with Gasteiger partial charge in [-0.3, -0.25) is 4.57 Å². The van der Waals surface area contributed by atoms with Gasteiger partial charge in [-0.05, 0) is 31.5 Å². The highest BCUT2D eigenvalue weighted by molar-refractivity contribution is 5.37. The van der Waals surface area contributed by atoms with Crippen molar-refractivity contribution in [2.24, 2.45) is 0 Å². The average molecular weight is 201 g/mol. The summed E-state index contributed by atoms with van der Waals surface area (Å²) in [7, 11) is 0. The van der Waals surface area contributed by atoms with Crippen molar-refractivity contribution in [3.8, 4) is 5.69 Å². The van der Waals surface area contributed by atoms with Crippen molar-refractivity contribution in [1.82, 2.24) is 9.55 Å². The van der Waals surface area contributed by atoms with Crippen molar-refractivity contribution >= 4 is 0 Å². The number of nitrogens with zero attached hydrogens (tertiary/aromatic N) is 2. The van der Waals surface area contributed by atoms with E-state index < -0.39 is 5.60 Å². The minimum absolute atomic E-state index is 0.823. The Labute approximate surface area is 89.0 Å². The molecular formula is C12H13N2O. The summed E-state index contributed by atoms with van der Waals surface area (Å²) >= 11 is 0. The molecule has 0 saturated carbocycles. The molecule has 1 radical (unpaired) electrons. The summed E-state index contributed by atoms with van der Waals surface area (Å²) in [6, 6.07) is 7.70. The maximum Gasteiger partial charge on any atom is 0.181 e. The molecule has 1 aromatic carbocycles. The molecule has 0 spiro atoms. The molecule has 0 saturated heterocycles. The zero-order chi connectivity index (χ0) is 10.9. The third-order valence-corrected chi connectivity index (χ3v) is 2.29. The van der Waals surface area contributed by atoms with Gasteiger partial charge in [0.15, 0.2) is 6.33 Å². The lowest BCUT2D eigenvalue weighted by molar-refractivity contribution is 0.0786. The van der Waals surface area contributed by atoms with Gasteiger partial charge in [0.25, 0.3) is 0 Å². The van der Waals surface area contributed by atoms with Gasteiger partial charge in [-0.25, -0.2) is 4.98 Å². The Bertz CT molecular complexity index is 441. The van der Waals surface area contributed by atoms with Crippen LogP contribution >= 0.6 is 0 Å². The topological polar surface area (TPSA) is 38.0 Å². The SMILES string of the molecule is CC(C)(O)c1cccc(-n2[c]ncc2)c1. The normalized spacial score (nSPS) is 11.7. The first-order chi connectivity index (χ1) is 7.07. The van der Waals surface area contributed by atoms with Crippen molar-refractivity contribution < 1.29 is 5.11 Å². The molecule has 3 heteroatoms. The number of rotatable bonds is 2. The monoisotopic (exact) mass is 201 g/mol. The lowest BCUT2D eigenvalue weighted by Crippen LogP contribution is -2.15. The summed E-state index contributed by atoms with van der Waals surface area (Å²) in [5, 5.41) is 9.88. The van der Waals surface area contributed by atoms with Crippen LogP contribution < -0.4 is 0 Å². The zero-order valence-corrected chi connectivity index (χ0v) is 8.81. The lowest BCUT2D eigenvalue weighted by Gasteiger charge is -2.18. The Morgan fingerprint density at radius 1 is 1.40 bits per heavy atom. The van der Waals surface area contributed by atoms with E-state index in [1.54, 1.807) is 24.6 Å². The Hall–Kier alpha value is -1.61. The van der Waals surface area contributed by atoms with Gasteiger partial charge in [0.05, 0.1) is 5.60 Å². The van der Waals surface area contributed by atoms with E-state index in [9.17, 15) is 5.11 Å². The van der Waals surface area contributed by atoms with Crippen LogP contribution in [0, 0.1) is 6.33 Å². The maximum absolute atomic E-state index is 9.88. The second-order valence-electron chi connectivity index (χ2n) is 4.01. The van der Waals surface area contributed by atoms with Gasteiger partial charge < -0.3 is 5.11 Å². The fraction of sp³-hybridized carbons (Fsp3) is 0.250. The van der Waals surface area contributed by atoms with E-state index in [-0.39, 0.29) is 0 Å². The molecule has 1 N–H and O–H groups in total. The number of hydrogen-bond donors (Lipinski definition) is 1. The van der Waals surface area contributed by atoms with Crippen LogP contribution in [0.2, 0.25) is 0 Å². The van der Waals surface area contributed by atoms with Crippen molar-refractivity contribution in [3.05, 3.63) is 48.5 Å². The first kappa shape index (κ1) is 9.93. The predicted octanol–water partition coefficient (Wildman–Crippen LogP) is 1.90. The van der Waals surface area contributed by atoms with Crippen LogP contribution in [0.3, 0.4) is 0 Å². The van der Waals surface area contributed by atoms with E-state index in [4.69, 9.17) is 0 Å². The lowest BCUT2D eigenvalue weighted by atomic mass is 9.98. The maximum atomic E-state index is 9.88. The van der Waals surface area contributed by atoms with Crippen LogP contribution in [0.5, 0.6) is 0 Å². The number of aliphatic hydroxyl groups is 1.